The molecule has 0 aliphatic carbocycles. The number of halogens is 2. The molecule has 7 nitrogen and oxygen atoms in total. The van der Waals surface area contributed by atoms with E-state index < -0.39 is 18.1 Å². The van der Waals surface area contributed by atoms with Gasteiger partial charge in [0.2, 0.25) is 12.3 Å². The zero-order valence-electron chi connectivity index (χ0n) is 15.6. The number of rotatable bonds is 9. The Labute approximate surface area is 165 Å². The standard InChI is InChI=1S/C18H19F2N3O4S/c1-4-26-28-27-14-9-12(7-8-21)10-22-16(14)13-5-6-15(23(3)17(13)24)25-11-18(2,19)20/h5-6,9-10H,4,7,11H2,1-3H3. The first-order valence-corrected chi connectivity index (χ1v) is 8.96. The monoisotopic (exact) mass is 411 g/mol. The van der Waals surface area contributed by atoms with E-state index in [0.29, 0.717) is 12.2 Å². The molecule has 28 heavy (non-hydrogen) atoms. The number of alkyl halides is 2. The molecule has 0 N–H and O–H groups in total. The summed E-state index contributed by atoms with van der Waals surface area (Å²) < 4.78 is 42.7. The maximum atomic E-state index is 13.0. The van der Waals surface area contributed by atoms with Gasteiger partial charge in [0.05, 0.1) is 24.7 Å². The lowest BCUT2D eigenvalue weighted by Crippen LogP contribution is -2.26. The minimum Gasteiger partial charge on any atom is -0.472 e. The van der Waals surface area contributed by atoms with Gasteiger partial charge in [-0.1, -0.05) is 0 Å². The SMILES string of the molecule is CCOSOc1cc(CC#N)cnc1-c1ccc(OCC(C)(F)F)n(C)c1=O. The highest BCUT2D eigenvalue weighted by Crippen LogP contribution is 2.30. The molecule has 0 amide bonds. The summed E-state index contributed by atoms with van der Waals surface area (Å²) >= 11 is 0.726. The lowest BCUT2D eigenvalue weighted by molar-refractivity contribution is -0.0252. The number of hydrogen-bond acceptors (Lipinski definition) is 7. The Morgan fingerprint density at radius 1 is 1.39 bits per heavy atom. The van der Waals surface area contributed by atoms with Crippen LogP contribution in [-0.2, 0) is 17.7 Å². The number of pyridine rings is 2. The van der Waals surface area contributed by atoms with Crippen molar-refractivity contribution in [1.82, 2.24) is 9.55 Å². The van der Waals surface area contributed by atoms with Crippen molar-refractivity contribution in [3.63, 3.8) is 0 Å². The van der Waals surface area contributed by atoms with Crippen molar-refractivity contribution >= 4 is 12.3 Å². The van der Waals surface area contributed by atoms with Crippen LogP contribution in [0.4, 0.5) is 8.78 Å². The number of hydrogen-bond donors (Lipinski definition) is 0. The van der Waals surface area contributed by atoms with E-state index in [-0.39, 0.29) is 29.3 Å². The van der Waals surface area contributed by atoms with Gasteiger partial charge in [0.15, 0.2) is 18.2 Å². The van der Waals surface area contributed by atoms with Crippen molar-refractivity contribution in [3.8, 4) is 29.0 Å². The lowest BCUT2D eigenvalue weighted by Gasteiger charge is -2.15. The second kappa shape index (κ2) is 9.52. The first-order valence-electron chi connectivity index (χ1n) is 8.30. The van der Waals surface area contributed by atoms with Gasteiger partial charge in [-0.25, -0.2) is 8.78 Å². The zero-order chi connectivity index (χ0) is 20.7. The molecule has 0 spiro atoms. The van der Waals surface area contributed by atoms with Crippen LogP contribution in [0.3, 0.4) is 0 Å². The molecule has 150 valence electrons. The molecule has 2 heterocycles. The van der Waals surface area contributed by atoms with Gasteiger partial charge in [0.25, 0.3) is 11.5 Å². The molecule has 0 saturated heterocycles. The van der Waals surface area contributed by atoms with Crippen LogP contribution in [0.1, 0.15) is 19.4 Å². The van der Waals surface area contributed by atoms with Crippen LogP contribution in [-0.4, -0.2) is 28.7 Å². The largest absolute Gasteiger partial charge is 0.472 e. The molecule has 10 heteroatoms. The van der Waals surface area contributed by atoms with Crippen LogP contribution < -0.4 is 14.5 Å². The Balaban J connectivity index is 2.41. The molecule has 0 bridgehead atoms. The van der Waals surface area contributed by atoms with Crippen molar-refractivity contribution in [1.29, 1.82) is 5.26 Å². The Morgan fingerprint density at radius 2 is 2.14 bits per heavy atom. The third-order valence-corrected chi connectivity index (χ3v) is 4.05. The molecule has 2 aromatic heterocycles. The number of ether oxygens (including phenoxy) is 1. The molecule has 2 rings (SSSR count). The minimum atomic E-state index is -3.02. The fraction of sp³-hybridized carbons (Fsp3) is 0.389. The normalized spacial score (nSPS) is 11.1. The molecule has 0 atom stereocenters. The summed E-state index contributed by atoms with van der Waals surface area (Å²) in [6, 6.07) is 6.45. The summed E-state index contributed by atoms with van der Waals surface area (Å²) in [7, 11) is 1.41. The molecule has 0 aromatic carbocycles. The summed E-state index contributed by atoms with van der Waals surface area (Å²) in [5.41, 5.74) is 0.541. The van der Waals surface area contributed by atoms with Crippen molar-refractivity contribution in [2.75, 3.05) is 13.2 Å². The molecule has 0 radical (unpaired) electrons. The predicted molar refractivity (Wildman–Crippen MR) is 100 cm³/mol. The summed E-state index contributed by atoms with van der Waals surface area (Å²) in [5, 5.41) is 8.86. The quantitative estimate of drug-likeness (QED) is 0.461. The van der Waals surface area contributed by atoms with Crippen molar-refractivity contribution in [2.24, 2.45) is 7.05 Å². The third kappa shape index (κ3) is 5.68. The first kappa shape index (κ1) is 21.7. The van der Waals surface area contributed by atoms with Crippen molar-refractivity contribution < 1.29 is 21.9 Å². The molecule has 0 aliphatic rings. The van der Waals surface area contributed by atoms with Gasteiger partial charge in [-0.2, -0.15) is 5.26 Å². The van der Waals surface area contributed by atoms with E-state index in [4.69, 9.17) is 18.4 Å². The van der Waals surface area contributed by atoms with Gasteiger partial charge < -0.3 is 8.92 Å². The number of nitriles is 1. The van der Waals surface area contributed by atoms with Gasteiger partial charge in [-0.15, -0.1) is 0 Å². The Bertz CT molecular complexity index is 923. The molecule has 2 aromatic rings. The fourth-order valence-electron chi connectivity index (χ4n) is 2.19. The van der Waals surface area contributed by atoms with Gasteiger partial charge in [-0.3, -0.25) is 18.5 Å². The maximum absolute atomic E-state index is 13.0. The summed E-state index contributed by atoms with van der Waals surface area (Å²) in [5.74, 6) is -2.77. The van der Waals surface area contributed by atoms with Crippen LogP contribution in [0.25, 0.3) is 11.3 Å². The second-order valence-corrected chi connectivity index (χ2v) is 6.43. The summed E-state index contributed by atoms with van der Waals surface area (Å²) in [6.07, 6.45) is 1.59. The van der Waals surface area contributed by atoms with Gasteiger partial charge >= 0.3 is 0 Å². The number of nitrogens with zero attached hydrogens (tertiary/aromatic N) is 3. The van der Waals surface area contributed by atoms with Crippen LogP contribution in [0, 0.1) is 11.3 Å². The van der Waals surface area contributed by atoms with Crippen molar-refractivity contribution in [2.45, 2.75) is 26.2 Å². The highest BCUT2D eigenvalue weighted by atomic mass is 32.2. The Kier molecular flexibility index (Phi) is 7.37. The van der Waals surface area contributed by atoms with E-state index >= 15 is 0 Å². The summed E-state index contributed by atoms with van der Waals surface area (Å²) in [6.45, 7) is 2.07. The average Bonchev–Trinajstić information content (AvgIpc) is 2.63. The van der Waals surface area contributed by atoms with E-state index in [1.54, 1.807) is 13.0 Å². The fourth-order valence-corrected chi connectivity index (χ4v) is 2.54. The molecule has 0 unspecified atom stereocenters. The molecular weight excluding hydrogens is 392 g/mol. The third-order valence-electron chi connectivity index (χ3n) is 3.47. The lowest BCUT2D eigenvalue weighted by atomic mass is 10.1. The Hall–Kier alpha value is -2.64. The second-order valence-electron chi connectivity index (χ2n) is 5.89. The van der Waals surface area contributed by atoms with Crippen LogP contribution in [0.15, 0.2) is 29.2 Å². The maximum Gasteiger partial charge on any atom is 0.278 e. The predicted octanol–water partition coefficient (Wildman–Crippen LogP) is 3.53. The van der Waals surface area contributed by atoms with Crippen LogP contribution in [0.2, 0.25) is 0 Å². The van der Waals surface area contributed by atoms with E-state index in [0.717, 1.165) is 23.8 Å². The molecular formula is C18H19F2N3O4S. The molecule has 0 aliphatic heterocycles. The van der Waals surface area contributed by atoms with E-state index in [1.807, 2.05) is 6.07 Å². The average molecular weight is 411 g/mol. The first-order chi connectivity index (χ1) is 13.3. The van der Waals surface area contributed by atoms with Gasteiger partial charge in [-0.05, 0) is 30.7 Å². The smallest absolute Gasteiger partial charge is 0.278 e. The van der Waals surface area contributed by atoms with E-state index in [9.17, 15) is 13.6 Å². The van der Waals surface area contributed by atoms with E-state index in [2.05, 4.69) is 4.98 Å². The molecule has 0 fully saturated rings. The highest BCUT2D eigenvalue weighted by Gasteiger charge is 2.23. The van der Waals surface area contributed by atoms with E-state index in [1.165, 1.54) is 25.4 Å². The zero-order valence-corrected chi connectivity index (χ0v) is 16.4. The minimum absolute atomic E-state index is 0.00235. The van der Waals surface area contributed by atoms with Gasteiger partial charge in [0.1, 0.15) is 5.69 Å². The number of aromatic nitrogens is 2. The van der Waals surface area contributed by atoms with Crippen LogP contribution >= 0.6 is 12.3 Å². The summed E-state index contributed by atoms with van der Waals surface area (Å²) in [4.78, 5) is 17.0. The highest BCUT2D eigenvalue weighted by molar-refractivity contribution is 7.90. The van der Waals surface area contributed by atoms with Crippen LogP contribution in [0.5, 0.6) is 11.6 Å². The van der Waals surface area contributed by atoms with Crippen molar-refractivity contribution in [3.05, 3.63) is 40.3 Å². The Morgan fingerprint density at radius 3 is 2.79 bits per heavy atom. The van der Waals surface area contributed by atoms with Gasteiger partial charge in [0, 0.05) is 20.2 Å². The molecule has 0 saturated carbocycles. The topological polar surface area (TPSA) is 86.4 Å².